The van der Waals surface area contributed by atoms with Crippen LogP contribution in [-0.4, -0.2) is 32.1 Å². The van der Waals surface area contributed by atoms with Crippen LogP contribution < -0.4 is 4.90 Å². The van der Waals surface area contributed by atoms with Crippen LogP contribution in [0.1, 0.15) is 48.7 Å². The van der Waals surface area contributed by atoms with E-state index in [9.17, 15) is 4.79 Å². The Bertz CT molecular complexity index is 720. The van der Waals surface area contributed by atoms with E-state index in [-0.39, 0.29) is 11.2 Å². The van der Waals surface area contributed by atoms with Gasteiger partial charge in [-0.1, -0.05) is 45.0 Å². The van der Waals surface area contributed by atoms with Crippen molar-refractivity contribution in [1.29, 1.82) is 0 Å². The van der Waals surface area contributed by atoms with E-state index in [1.165, 1.54) is 16.8 Å². The summed E-state index contributed by atoms with van der Waals surface area (Å²) in [6.07, 6.45) is 1.33. The molecule has 0 radical (unpaired) electrons. The smallest absolute Gasteiger partial charge is 0.163 e. The molecule has 3 heteroatoms. The predicted octanol–water partition coefficient (Wildman–Crippen LogP) is 4.64. The molecule has 3 nitrogen and oxygen atoms in total. The SMILES string of the molecule is CC(C)(C)c1ccc(CCC(=O)c2ccc(N3CCOCC3)cc2)cc1. The van der Waals surface area contributed by atoms with Crippen molar-refractivity contribution in [3.05, 3.63) is 65.2 Å². The molecule has 0 bridgehead atoms. The van der Waals surface area contributed by atoms with E-state index < -0.39 is 0 Å². The molecular weight excluding hydrogens is 322 g/mol. The molecule has 26 heavy (non-hydrogen) atoms. The molecule has 2 aromatic rings. The average Bonchev–Trinajstić information content (AvgIpc) is 2.66. The van der Waals surface area contributed by atoms with Crippen LogP contribution in [0, 0.1) is 0 Å². The van der Waals surface area contributed by atoms with Gasteiger partial charge in [0.1, 0.15) is 0 Å². The maximum absolute atomic E-state index is 12.5. The Kier molecular flexibility index (Phi) is 5.77. The Balaban J connectivity index is 1.56. The molecule has 0 aliphatic carbocycles. The molecule has 0 unspecified atom stereocenters. The van der Waals surface area contributed by atoms with Gasteiger partial charge in [-0.05, 0) is 47.2 Å². The van der Waals surface area contributed by atoms with Gasteiger partial charge in [-0.2, -0.15) is 0 Å². The number of ether oxygens (including phenoxy) is 1. The zero-order chi connectivity index (χ0) is 18.6. The lowest BCUT2D eigenvalue weighted by molar-refractivity contribution is 0.0982. The molecular formula is C23H29NO2. The van der Waals surface area contributed by atoms with Crippen LogP contribution >= 0.6 is 0 Å². The predicted molar refractivity (Wildman–Crippen MR) is 107 cm³/mol. The van der Waals surface area contributed by atoms with E-state index in [1.54, 1.807) is 0 Å². The summed E-state index contributed by atoms with van der Waals surface area (Å²) in [7, 11) is 0. The second kappa shape index (κ2) is 8.05. The Morgan fingerprint density at radius 1 is 0.962 bits per heavy atom. The maximum atomic E-state index is 12.5. The molecule has 1 fully saturated rings. The lowest BCUT2D eigenvalue weighted by atomic mass is 9.86. The van der Waals surface area contributed by atoms with Crippen molar-refractivity contribution in [3.8, 4) is 0 Å². The molecule has 1 saturated heterocycles. The van der Waals surface area contributed by atoms with Gasteiger partial charge in [-0.15, -0.1) is 0 Å². The number of aryl methyl sites for hydroxylation is 1. The van der Waals surface area contributed by atoms with Crippen molar-refractivity contribution in [2.75, 3.05) is 31.2 Å². The summed E-state index contributed by atoms with van der Waals surface area (Å²) in [5.41, 5.74) is 4.68. The van der Waals surface area contributed by atoms with Crippen LogP contribution in [0.15, 0.2) is 48.5 Å². The van der Waals surface area contributed by atoms with Gasteiger partial charge in [0.25, 0.3) is 0 Å². The molecule has 2 aromatic carbocycles. The second-order valence-electron chi connectivity index (χ2n) is 8.02. The highest BCUT2D eigenvalue weighted by molar-refractivity contribution is 5.96. The van der Waals surface area contributed by atoms with Crippen molar-refractivity contribution < 1.29 is 9.53 Å². The molecule has 0 saturated carbocycles. The van der Waals surface area contributed by atoms with Gasteiger partial charge >= 0.3 is 0 Å². The van der Waals surface area contributed by atoms with Gasteiger partial charge in [0.2, 0.25) is 0 Å². The molecule has 3 rings (SSSR count). The van der Waals surface area contributed by atoms with E-state index in [4.69, 9.17) is 4.74 Å². The molecule has 0 amide bonds. The van der Waals surface area contributed by atoms with E-state index >= 15 is 0 Å². The molecule has 0 aromatic heterocycles. The number of anilines is 1. The molecule has 138 valence electrons. The van der Waals surface area contributed by atoms with Crippen molar-refractivity contribution in [2.24, 2.45) is 0 Å². The van der Waals surface area contributed by atoms with Gasteiger partial charge in [0, 0.05) is 30.8 Å². The third-order valence-corrected chi connectivity index (χ3v) is 5.03. The Labute approximate surface area is 157 Å². The van der Waals surface area contributed by atoms with Crippen molar-refractivity contribution in [3.63, 3.8) is 0 Å². The van der Waals surface area contributed by atoms with Crippen LogP contribution in [-0.2, 0) is 16.6 Å². The Morgan fingerprint density at radius 2 is 1.58 bits per heavy atom. The summed E-state index contributed by atoms with van der Waals surface area (Å²) in [5.74, 6) is 0.207. The number of carbonyl (C=O) groups is 1. The summed E-state index contributed by atoms with van der Waals surface area (Å²) in [5, 5.41) is 0. The topological polar surface area (TPSA) is 29.5 Å². The number of ketones is 1. The fourth-order valence-electron chi connectivity index (χ4n) is 3.25. The van der Waals surface area contributed by atoms with Crippen LogP contribution in [0.2, 0.25) is 0 Å². The van der Waals surface area contributed by atoms with E-state index in [0.717, 1.165) is 38.3 Å². The number of hydrogen-bond acceptors (Lipinski definition) is 3. The number of Topliss-reactive ketones (excluding diaryl/α,β-unsaturated/α-hetero) is 1. The van der Waals surface area contributed by atoms with Crippen molar-refractivity contribution in [1.82, 2.24) is 0 Å². The average molecular weight is 351 g/mol. The first-order valence-corrected chi connectivity index (χ1v) is 9.49. The van der Waals surface area contributed by atoms with Gasteiger partial charge in [0.15, 0.2) is 5.78 Å². The van der Waals surface area contributed by atoms with Crippen LogP contribution in [0.5, 0.6) is 0 Å². The van der Waals surface area contributed by atoms with Crippen LogP contribution in [0.3, 0.4) is 0 Å². The highest BCUT2D eigenvalue weighted by Crippen LogP contribution is 2.23. The molecule has 1 aliphatic rings. The maximum Gasteiger partial charge on any atom is 0.163 e. The molecule has 0 spiro atoms. The van der Waals surface area contributed by atoms with Crippen LogP contribution in [0.25, 0.3) is 0 Å². The quantitative estimate of drug-likeness (QED) is 0.735. The lowest BCUT2D eigenvalue weighted by Gasteiger charge is -2.28. The zero-order valence-electron chi connectivity index (χ0n) is 16.1. The monoisotopic (exact) mass is 351 g/mol. The normalized spacial score (nSPS) is 15.1. The Morgan fingerprint density at radius 3 is 2.15 bits per heavy atom. The number of nitrogens with zero attached hydrogens (tertiary/aromatic N) is 1. The van der Waals surface area contributed by atoms with Crippen molar-refractivity contribution >= 4 is 11.5 Å². The summed E-state index contributed by atoms with van der Waals surface area (Å²) >= 11 is 0. The summed E-state index contributed by atoms with van der Waals surface area (Å²) in [4.78, 5) is 14.8. The lowest BCUT2D eigenvalue weighted by Crippen LogP contribution is -2.36. The minimum atomic E-state index is 0.163. The summed E-state index contributed by atoms with van der Waals surface area (Å²) in [6, 6.07) is 16.7. The fourth-order valence-corrected chi connectivity index (χ4v) is 3.25. The first-order valence-electron chi connectivity index (χ1n) is 9.49. The Hall–Kier alpha value is -2.13. The number of benzene rings is 2. The third-order valence-electron chi connectivity index (χ3n) is 5.03. The van der Waals surface area contributed by atoms with Crippen LogP contribution in [0.4, 0.5) is 5.69 Å². The van der Waals surface area contributed by atoms with Gasteiger partial charge < -0.3 is 9.64 Å². The fraction of sp³-hybridized carbons (Fsp3) is 0.435. The molecule has 0 N–H and O–H groups in total. The number of hydrogen-bond donors (Lipinski definition) is 0. The van der Waals surface area contributed by atoms with E-state index in [1.807, 2.05) is 12.1 Å². The first-order chi connectivity index (χ1) is 12.4. The van der Waals surface area contributed by atoms with E-state index in [2.05, 4.69) is 62.1 Å². The third kappa shape index (κ3) is 4.73. The molecule has 0 atom stereocenters. The number of carbonyl (C=O) groups excluding carboxylic acids is 1. The molecule has 1 aliphatic heterocycles. The number of rotatable bonds is 5. The largest absolute Gasteiger partial charge is 0.378 e. The standard InChI is InChI=1S/C23H29NO2/c1-23(2,3)20-9-4-18(5-10-20)6-13-22(25)19-7-11-21(12-8-19)24-14-16-26-17-15-24/h4-5,7-12H,6,13-17H2,1-3H3. The summed E-state index contributed by atoms with van der Waals surface area (Å²) < 4.78 is 5.39. The van der Waals surface area contributed by atoms with Gasteiger partial charge in [-0.3, -0.25) is 4.79 Å². The summed E-state index contributed by atoms with van der Waals surface area (Å²) in [6.45, 7) is 10.0. The minimum Gasteiger partial charge on any atom is -0.378 e. The van der Waals surface area contributed by atoms with Gasteiger partial charge in [-0.25, -0.2) is 0 Å². The van der Waals surface area contributed by atoms with Crippen molar-refractivity contribution in [2.45, 2.75) is 39.0 Å². The second-order valence-corrected chi connectivity index (χ2v) is 8.02. The molecule has 1 heterocycles. The first kappa shape index (κ1) is 18.7. The van der Waals surface area contributed by atoms with E-state index in [0.29, 0.717) is 6.42 Å². The highest BCUT2D eigenvalue weighted by Gasteiger charge is 2.14. The number of morpholine rings is 1. The minimum absolute atomic E-state index is 0.163. The highest BCUT2D eigenvalue weighted by atomic mass is 16.5. The zero-order valence-corrected chi connectivity index (χ0v) is 16.1. The van der Waals surface area contributed by atoms with Gasteiger partial charge in [0.05, 0.1) is 13.2 Å².